The molecule has 6 heteroatoms. The number of anilines is 2. The third kappa shape index (κ3) is 2.23. The predicted octanol–water partition coefficient (Wildman–Crippen LogP) is 1.05. The van der Waals surface area contributed by atoms with E-state index < -0.39 is 9.84 Å². The number of hydrogen-bond acceptors (Lipinski definition) is 5. The number of rotatable bonds is 1. The van der Waals surface area contributed by atoms with Crippen LogP contribution in [0.4, 0.5) is 11.4 Å². The standard InChI is InChI=1S/C13H15N3O2S/c14-11-3-4-12(10-2-1-5-15-13(10)11)16-6-8-19(17,18)9-7-16/h1-5H,6-9,14H2. The molecule has 0 unspecified atom stereocenters. The fraction of sp³-hybridized carbons (Fsp3) is 0.308. The van der Waals surface area contributed by atoms with E-state index in [1.165, 1.54) is 0 Å². The lowest BCUT2D eigenvalue weighted by molar-refractivity contribution is 0.587. The summed E-state index contributed by atoms with van der Waals surface area (Å²) < 4.78 is 23.0. The van der Waals surface area contributed by atoms with Crippen LogP contribution in [0.25, 0.3) is 10.9 Å². The van der Waals surface area contributed by atoms with Crippen LogP contribution >= 0.6 is 0 Å². The first kappa shape index (κ1) is 12.2. The monoisotopic (exact) mass is 277 g/mol. The number of nitrogen functional groups attached to an aromatic ring is 1. The molecule has 3 rings (SSSR count). The number of fused-ring (bicyclic) bond motifs is 1. The molecule has 0 amide bonds. The van der Waals surface area contributed by atoms with Gasteiger partial charge in [0.15, 0.2) is 9.84 Å². The lowest BCUT2D eigenvalue weighted by Gasteiger charge is -2.29. The molecule has 1 saturated heterocycles. The van der Waals surface area contributed by atoms with E-state index in [4.69, 9.17) is 5.73 Å². The number of aromatic nitrogens is 1. The summed E-state index contributed by atoms with van der Waals surface area (Å²) in [6, 6.07) is 7.61. The number of nitrogens with two attached hydrogens (primary N) is 1. The van der Waals surface area contributed by atoms with Gasteiger partial charge in [0.2, 0.25) is 0 Å². The molecule has 1 aliphatic heterocycles. The zero-order valence-corrected chi connectivity index (χ0v) is 11.2. The Hall–Kier alpha value is -1.82. The van der Waals surface area contributed by atoms with Gasteiger partial charge in [0.1, 0.15) is 0 Å². The molecule has 1 aliphatic rings. The molecule has 0 spiro atoms. The van der Waals surface area contributed by atoms with Crippen LogP contribution in [-0.4, -0.2) is 38.0 Å². The van der Waals surface area contributed by atoms with Crippen molar-refractivity contribution in [1.29, 1.82) is 0 Å². The largest absolute Gasteiger partial charge is 0.397 e. The van der Waals surface area contributed by atoms with Crippen molar-refractivity contribution < 1.29 is 8.42 Å². The first-order valence-corrected chi connectivity index (χ1v) is 7.97. The third-order valence-electron chi connectivity index (χ3n) is 3.46. The van der Waals surface area contributed by atoms with Gasteiger partial charge in [0, 0.05) is 30.4 Å². The van der Waals surface area contributed by atoms with Crippen molar-refractivity contribution in [2.75, 3.05) is 35.2 Å². The number of nitrogens with zero attached hydrogens (tertiary/aromatic N) is 2. The van der Waals surface area contributed by atoms with Crippen molar-refractivity contribution in [3.05, 3.63) is 30.5 Å². The third-order valence-corrected chi connectivity index (χ3v) is 5.07. The van der Waals surface area contributed by atoms with Crippen molar-refractivity contribution in [3.63, 3.8) is 0 Å². The molecule has 0 saturated carbocycles. The molecule has 2 aromatic rings. The highest BCUT2D eigenvalue weighted by molar-refractivity contribution is 7.91. The Balaban J connectivity index is 2.05. The van der Waals surface area contributed by atoms with E-state index >= 15 is 0 Å². The van der Waals surface area contributed by atoms with E-state index in [-0.39, 0.29) is 11.5 Å². The number of sulfone groups is 1. The minimum absolute atomic E-state index is 0.207. The minimum atomic E-state index is -2.87. The molecule has 2 N–H and O–H groups in total. The molecule has 0 atom stereocenters. The maximum atomic E-state index is 11.5. The van der Waals surface area contributed by atoms with Gasteiger partial charge in [0.05, 0.1) is 22.7 Å². The van der Waals surface area contributed by atoms with Crippen molar-refractivity contribution in [3.8, 4) is 0 Å². The van der Waals surface area contributed by atoms with Gasteiger partial charge in [-0.2, -0.15) is 0 Å². The second kappa shape index (κ2) is 4.38. The summed E-state index contributed by atoms with van der Waals surface area (Å²) in [5.74, 6) is 0.415. The topological polar surface area (TPSA) is 76.3 Å². The second-order valence-corrected chi connectivity index (χ2v) is 7.02. The number of hydrogen-bond donors (Lipinski definition) is 1. The molecule has 1 fully saturated rings. The lowest BCUT2D eigenvalue weighted by Crippen LogP contribution is -2.40. The van der Waals surface area contributed by atoms with E-state index in [0.29, 0.717) is 18.8 Å². The summed E-state index contributed by atoms with van der Waals surface area (Å²) in [6.45, 7) is 1.05. The minimum Gasteiger partial charge on any atom is -0.397 e. The summed E-state index contributed by atoms with van der Waals surface area (Å²) in [6.07, 6.45) is 1.71. The Morgan fingerprint density at radius 3 is 2.63 bits per heavy atom. The van der Waals surface area contributed by atoms with Crippen LogP contribution in [0.5, 0.6) is 0 Å². The molecular formula is C13H15N3O2S. The SMILES string of the molecule is Nc1ccc(N2CCS(=O)(=O)CC2)c2cccnc12. The van der Waals surface area contributed by atoms with Gasteiger partial charge in [-0.05, 0) is 24.3 Å². The van der Waals surface area contributed by atoms with Gasteiger partial charge in [-0.25, -0.2) is 8.42 Å². The quantitative estimate of drug-likeness (QED) is 0.789. The van der Waals surface area contributed by atoms with Gasteiger partial charge in [-0.1, -0.05) is 0 Å². The highest BCUT2D eigenvalue weighted by Gasteiger charge is 2.23. The first-order chi connectivity index (χ1) is 9.07. The van der Waals surface area contributed by atoms with Crippen molar-refractivity contribution >= 4 is 32.1 Å². The van der Waals surface area contributed by atoms with Crippen molar-refractivity contribution in [2.45, 2.75) is 0 Å². The highest BCUT2D eigenvalue weighted by atomic mass is 32.2. The van der Waals surface area contributed by atoms with Crippen LogP contribution in [-0.2, 0) is 9.84 Å². The summed E-state index contributed by atoms with van der Waals surface area (Å²) in [7, 11) is -2.87. The van der Waals surface area contributed by atoms with Crippen molar-refractivity contribution in [1.82, 2.24) is 4.98 Å². The van der Waals surface area contributed by atoms with Crippen LogP contribution in [0, 0.1) is 0 Å². The summed E-state index contributed by atoms with van der Waals surface area (Å²) in [5.41, 5.74) is 8.34. The second-order valence-electron chi connectivity index (χ2n) is 4.71. The molecule has 1 aromatic carbocycles. The van der Waals surface area contributed by atoms with E-state index in [1.54, 1.807) is 6.20 Å². The van der Waals surface area contributed by atoms with Crippen LogP contribution in [0.3, 0.4) is 0 Å². The Labute approximate surface area is 112 Å². The number of benzene rings is 1. The van der Waals surface area contributed by atoms with E-state index in [1.807, 2.05) is 24.3 Å². The Morgan fingerprint density at radius 1 is 1.16 bits per heavy atom. The van der Waals surface area contributed by atoms with Crippen LogP contribution in [0.15, 0.2) is 30.5 Å². The fourth-order valence-electron chi connectivity index (χ4n) is 2.41. The van der Waals surface area contributed by atoms with E-state index in [0.717, 1.165) is 16.6 Å². The zero-order chi connectivity index (χ0) is 13.5. The molecule has 0 radical (unpaired) electrons. The molecule has 0 aliphatic carbocycles. The van der Waals surface area contributed by atoms with E-state index in [2.05, 4.69) is 9.88 Å². The van der Waals surface area contributed by atoms with Crippen molar-refractivity contribution in [2.24, 2.45) is 0 Å². The van der Waals surface area contributed by atoms with Crippen LogP contribution in [0.2, 0.25) is 0 Å². The molecule has 5 nitrogen and oxygen atoms in total. The maximum Gasteiger partial charge on any atom is 0.153 e. The van der Waals surface area contributed by atoms with Crippen LogP contribution < -0.4 is 10.6 Å². The Morgan fingerprint density at radius 2 is 1.89 bits per heavy atom. The molecule has 100 valence electrons. The summed E-state index contributed by atoms with van der Waals surface area (Å²) in [4.78, 5) is 6.38. The Kier molecular flexibility index (Phi) is 2.82. The predicted molar refractivity (Wildman–Crippen MR) is 77.0 cm³/mol. The van der Waals surface area contributed by atoms with Gasteiger partial charge >= 0.3 is 0 Å². The summed E-state index contributed by atoms with van der Waals surface area (Å²) >= 11 is 0. The molecule has 19 heavy (non-hydrogen) atoms. The Bertz CT molecular complexity index is 714. The molecule has 1 aromatic heterocycles. The van der Waals surface area contributed by atoms with Gasteiger partial charge in [-0.3, -0.25) is 4.98 Å². The van der Waals surface area contributed by atoms with Crippen LogP contribution in [0.1, 0.15) is 0 Å². The number of pyridine rings is 1. The van der Waals surface area contributed by atoms with Gasteiger partial charge in [-0.15, -0.1) is 0 Å². The highest BCUT2D eigenvalue weighted by Crippen LogP contribution is 2.30. The first-order valence-electron chi connectivity index (χ1n) is 6.15. The normalized spacial score (nSPS) is 18.6. The molecule has 0 bridgehead atoms. The van der Waals surface area contributed by atoms with Gasteiger partial charge < -0.3 is 10.6 Å². The lowest BCUT2D eigenvalue weighted by atomic mass is 10.1. The van der Waals surface area contributed by atoms with Gasteiger partial charge in [0.25, 0.3) is 0 Å². The summed E-state index contributed by atoms with van der Waals surface area (Å²) in [5, 5.41) is 0.974. The molecular weight excluding hydrogens is 262 g/mol. The maximum absolute atomic E-state index is 11.5. The average Bonchev–Trinajstić information content (AvgIpc) is 2.40. The zero-order valence-electron chi connectivity index (χ0n) is 10.4. The fourth-order valence-corrected chi connectivity index (χ4v) is 3.61. The smallest absolute Gasteiger partial charge is 0.153 e. The molecule has 2 heterocycles. The van der Waals surface area contributed by atoms with E-state index in [9.17, 15) is 8.42 Å². The average molecular weight is 277 g/mol.